The molecule has 0 radical (unpaired) electrons. The number of carboxylic acids is 1. The van der Waals surface area contributed by atoms with Crippen molar-refractivity contribution in [3.63, 3.8) is 0 Å². The molecule has 158 valence electrons. The highest BCUT2D eigenvalue weighted by Gasteiger charge is 2.35. The van der Waals surface area contributed by atoms with Crippen LogP contribution < -0.4 is 0 Å². The lowest BCUT2D eigenvalue weighted by atomic mass is 10.1. The SMILES string of the molecule is CC[C@@H](O)[C@@H]1C[C@@H](O)[C@@H](/C=C/[C@@H](O)C/C=C\C/C=C\C/C=C\CCC(=O)O)O1. The molecule has 6 heteroatoms. The average Bonchev–Trinajstić information content (AvgIpc) is 3.04. The van der Waals surface area contributed by atoms with Gasteiger partial charge < -0.3 is 25.2 Å². The minimum absolute atomic E-state index is 0.160. The molecule has 0 unspecified atom stereocenters. The van der Waals surface area contributed by atoms with E-state index >= 15 is 0 Å². The van der Waals surface area contributed by atoms with E-state index in [-0.39, 0.29) is 12.5 Å². The Balaban J connectivity index is 2.18. The summed E-state index contributed by atoms with van der Waals surface area (Å²) in [5, 5.41) is 38.3. The number of rotatable bonds is 13. The number of allylic oxidation sites excluding steroid dienone is 5. The van der Waals surface area contributed by atoms with Gasteiger partial charge in [-0.25, -0.2) is 0 Å². The maximum Gasteiger partial charge on any atom is 0.303 e. The van der Waals surface area contributed by atoms with Crippen molar-refractivity contribution in [2.24, 2.45) is 0 Å². The number of aliphatic hydroxyl groups excluding tert-OH is 3. The lowest BCUT2D eigenvalue weighted by Crippen LogP contribution is -2.25. The molecule has 1 aliphatic rings. The summed E-state index contributed by atoms with van der Waals surface area (Å²) in [6.07, 6.45) is 16.0. The Kier molecular flexibility index (Phi) is 12.4. The van der Waals surface area contributed by atoms with Gasteiger partial charge in [0.25, 0.3) is 0 Å². The normalized spacial score (nSPS) is 25.5. The number of carboxylic acid groups (broad SMARTS) is 1. The Morgan fingerprint density at radius 1 is 1.11 bits per heavy atom. The van der Waals surface area contributed by atoms with Crippen LogP contribution in [0.3, 0.4) is 0 Å². The highest BCUT2D eigenvalue weighted by Crippen LogP contribution is 2.25. The molecule has 28 heavy (non-hydrogen) atoms. The van der Waals surface area contributed by atoms with Gasteiger partial charge in [0.2, 0.25) is 0 Å². The second-order valence-electron chi connectivity index (χ2n) is 6.92. The molecule has 0 aliphatic carbocycles. The molecule has 1 saturated heterocycles. The Labute approximate surface area is 167 Å². The van der Waals surface area contributed by atoms with E-state index in [2.05, 4.69) is 0 Å². The average molecular weight is 395 g/mol. The van der Waals surface area contributed by atoms with E-state index in [0.717, 1.165) is 12.8 Å². The number of ether oxygens (including phenoxy) is 1. The van der Waals surface area contributed by atoms with Crippen molar-refractivity contribution < 1.29 is 30.0 Å². The maximum atomic E-state index is 10.3. The highest BCUT2D eigenvalue weighted by atomic mass is 16.5. The van der Waals surface area contributed by atoms with Gasteiger partial charge >= 0.3 is 5.97 Å². The second kappa shape index (κ2) is 14.3. The summed E-state index contributed by atoms with van der Waals surface area (Å²) in [6.45, 7) is 1.87. The van der Waals surface area contributed by atoms with E-state index in [0.29, 0.717) is 25.7 Å². The molecule has 0 spiro atoms. The van der Waals surface area contributed by atoms with Crippen molar-refractivity contribution in [1.82, 2.24) is 0 Å². The first-order chi connectivity index (χ1) is 13.4. The predicted octanol–water partition coefficient (Wildman–Crippen LogP) is 2.90. The number of aliphatic carboxylic acids is 1. The van der Waals surface area contributed by atoms with Crippen LogP contribution in [0.15, 0.2) is 48.6 Å². The third-order valence-corrected chi connectivity index (χ3v) is 4.50. The van der Waals surface area contributed by atoms with Crippen LogP contribution in [-0.2, 0) is 9.53 Å². The molecule has 0 saturated carbocycles. The first-order valence-corrected chi connectivity index (χ1v) is 9.98. The van der Waals surface area contributed by atoms with Crippen LogP contribution in [0.2, 0.25) is 0 Å². The van der Waals surface area contributed by atoms with Gasteiger partial charge in [-0.1, -0.05) is 55.5 Å². The minimum Gasteiger partial charge on any atom is -0.481 e. The molecule has 1 heterocycles. The van der Waals surface area contributed by atoms with Crippen LogP contribution in [0.5, 0.6) is 0 Å². The highest BCUT2D eigenvalue weighted by molar-refractivity contribution is 5.66. The summed E-state index contributed by atoms with van der Waals surface area (Å²) in [7, 11) is 0. The van der Waals surface area contributed by atoms with Crippen molar-refractivity contribution >= 4 is 5.97 Å². The summed E-state index contributed by atoms with van der Waals surface area (Å²) < 4.78 is 5.63. The van der Waals surface area contributed by atoms with Crippen molar-refractivity contribution in [2.75, 3.05) is 0 Å². The van der Waals surface area contributed by atoms with Gasteiger partial charge in [-0.3, -0.25) is 4.79 Å². The topological polar surface area (TPSA) is 107 Å². The fourth-order valence-electron chi connectivity index (χ4n) is 2.82. The van der Waals surface area contributed by atoms with Gasteiger partial charge in [-0.15, -0.1) is 0 Å². The molecule has 4 N–H and O–H groups in total. The number of hydrogen-bond donors (Lipinski definition) is 4. The van der Waals surface area contributed by atoms with E-state index < -0.39 is 30.4 Å². The molecule has 0 aromatic carbocycles. The molecule has 5 atom stereocenters. The minimum atomic E-state index is -0.784. The smallest absolute Gasteiger partial charge is 0.303 e. The number of aliphatic hydroxyl groups is 3. The summed E-state index contributed by atoms with van der Waals surface area (Å²) in [5.41, 5.74) is 0. The Hall–Kier alpha value is -1.73. The molecule has 1 rings (SSSR count). The summed E-state index contributed by atoms with van der Waals surface area (Å²) in [6, 6.07) is 0. The summed E-state index contributed by atoms with van der Waals surface area (Å²) >= 11 is 0. The van der Waals surface area contributed by atoms with Crippen molar-refractivity contribution in [1.29, 1.82) is 0 Å². The molecular weight excluding hydrogens is 360 g/mol. The number of hydrogen-bond acceptors (Lipinski definition) is 5. The van der Waals surface area contributed by atoms with E-state index in [1.807, 2.05) is 43.4 Å². The third kappa shape index (κ3) is 10.6. The van der Waals surface area contributed by atoms with Gasteiger partial charge in [0.05, 0.1) is 24.4 Å². The van der Waals surface area contributed by atoms with Crippen molar-refractivity contribution in [3.8, 4) is 0 Å². The lowest BCUT2D eigenvalue weighted by molar-refractivity contribution is -0.136. The predicted molar refractivity (Wildman–Crippen MR) is 109 cm³/mol. The first-order valence-electron chi connectivity index (χ1n) is 9.98. The van der Waals surface area contributed by atoms with Crippen LogP contribution in [0.1, 0.15) is 51.9 Å². The molecule has 1 aliphatic heterocycles. The fraction of sp³-hybridized carbons (Fsp3) is 0.591. The van der Waals surface area contributed by atoms with Crippen LogP contribution in [0, 0.1) is 0 Å². The largest absolute Gasteiger partial charge is 0.481 e. The molecule has 1 fully saturated rings. The van der Waals surface area contributed by atoms with Crippen molar-refractivity contribution in [3.05, 3.63) is 48.6 Å². The zero-order chi connectivity index (χ0) is 20.8. The zero-order valence-corrected chi connectivity index (χ0v) is 16.6. The van der Waals surface area contributed by atoms with Crippen LogP contribution in [0.25, 0.3) is 0 Å². The lowest BCUT2D eigenvalue weighted by Gasteiger charge is -2.16. The second-order valence-corrected chi connectivity index (χ2v) is 6.92. The zero-order valence-electron chi connectivity index (χ0n) is 16.6. The number of carbonyl (C=O) groups is 1. The van der Waals surface area contributed by atoms with E-state index in [1.54, 1.807) is 12.2 Å². The quantitative estimate of drug-likeness (QED) is 0.358. The standard InChI is InChI=1S/C22H34O6/c1-2-18(24)21-16-19(25)20(28-21)15-14-17(23)12-10-8-6-4-3-5-7-9-11-13-22(26)27/h3-4,7-10,14-15,17-21,23-25H,2,5-6,11-13,16H2,1H3,(H,26,27)/b4-3-,9-7-,10-8-,15-14+/t17-,18+,19+,20+,21-/m0/s1. The molecular formula is C22H34O6. The fourth-order valence-corrected chi connectivity index (χ4v) is 2.82. The van der Waals surface area contributed by atoms with Gasteiger partial charge in [-0.05, 0) is 32.1 Å². The van der Waals surface area contributed by atoms with Crippen LogP contribution >= 0.6 is 0 Å². The van der Waals surface area contributed by atoms with Gasteiger partial charge in [0.15, 0.2) is 0 Å². The Bertz CT molecular complexity index is 551. The van der Waals surface area contributed by atoms with E-state index in [9.17, 15) is 20.1 Å². The molecule has 6 nitrogen and oxygen atoms in total. The van der Waals surface area contributed by atoms with Crippen LogP contribution in [-0.4, -0.2) is 56.9 Å². The summed E-state index contributed by atoms with van der Waals surface area (Å²) in [5.74, 6) is -0.784. The van der Waals surface area contributed by atoms with Crippen molar-refractivity contribution in [2.45, 2.75) is 82.4 Å². The van der Waals surface area contributed by atoms with Crippen LogP contribution in [0.4, 0.5) is 0 Å². The summed E-state index contributed by atoms with van der Waals surface area (Å²) in [4.78, 5) is 10.3. The Morgan fingerprint density at radius 3 is 2.39 bits per heavy atom. The first kappa shape index (κ1) is 24.3. The van der Waals surface area contributed by atoms with E-state index in [4.69, 9.17) is 9.84 Å². The van der Waals surface area contributed by atoms with Gasteiger partial charge in [0.1, 0.15) is 6.10 Å². The van der Waals surface area contributed by atoms with Gasteiger partial charge in [-0.2, -0.15) is 0 Å². The van der Waals surface area contributed by atoms with Gasteiger partial charge in [0, 0.05) is 12.8 Å². The molecule has 0 bridgehead atoms. The third-order valence-electron chi connectivity index (χ3n) is 4.50. The molecule has 0 aromatic rings. The maximum absolute atomic E-state index is 10.3. The molecule has 0 amide bonds. The monoisotopic (exact) mass is 394 g/mol. The van der Waals surface area contributed by atoms with E-state index in [1.165, 1.54) is 0 Å². The Morgan fingerprint density at radius 2 is 1.75 bits per heavy atom. The molecule has 0 aromatic heterocycles.